The first kappa shape index (κ1) is 16.8. The highest BCUT2D eigenvalue weighted by Crippen LogP contribution is 2.36. The molecule has 0 atom stereocenters. The van der Waals surface area contributed by atoms with Crippen molar-refractivity contribution in [2.24, 2.45) is 5.73 Å². The molecule has 0 saturated carbocycles. The Morgan fingerprint density at radius 2 is 1.91 bits per heavy atom. The SMILES string of the molecule is CC(C)N(C(=O)Nc1sc2c(c1C(N)=O)CCOC2)C(C)C. The Morgan fingerprint density at radius 1 is 1.27 bits per heavy atom. The van der Waals surface area contributed by atoms with Gasteiger partial charge in [0.1, 0.15) is 5.00 Å². The molecule has 0 bridgehead atoms. The van der Waals surface area contributed by atoms with E-state index in [9.17, 15) is 9.59 Å². The molecule has 6 nitrogen and oxygen atoms in total. The lowest BCUT2D eigenvalue weighted by Gasteiger charge is -2.30. The third-order valence-corrected chi connectivity index (χ3v) is 4.76. The molecule has 3 amide bonds. The third-order valence-electron chi connectivity index (χ3n) is 3.63. The van der Waals surface area contributed by atoms with Gasteiger partial charge in [0.15, 0.2) is 0 Å². The first-order valence-electron chi connectivity index (χ1n) is 7.44. The van der Waals surface area contributed by atoms with Gasteiger partial charge in [-0.15, -0.1) is 11.3 Å². The van der Waals surface area contributed by atoms with E-state index in [-0.39, 0.29) is 18.1 Å². The van der Waals surface area contributed by atoms with E-state index in [0.29, 0.717) is 30.2 Å². The van der Waals surface area contributed by atoms with Crippen LogP contribution in [0.25, 0.3) is 0 Å². The van der Waals surface area contributed by atoms with Gasteiger partial charge in [-0.3, -0.25) is 10.1 Å². The maximum Gasteiger partial charge on any atom is 0.322 e. The standard InChI is InChI=1S/C15H23N3O3S/c1-8(2)18(9(3)4)15(20)17-14-12(13(16)19)10-5-6-21-7-11(10)22-14/h8-9H,5-7H2,1-4H3,(H2,16,19)(H,17,20). The smallest absolute Gasteiger partial charge is 0.322 e. The third kappa shape index (κ3) is 3.25. The molecule has 3 N–H and O–H groups in total. The molecule has 1 aliphatic rings. The van der Waals surface area contributed by atoms with Gasteiger partial charge < -0.3 is 15.4 Å². The maximum atomic E-state index is 12.5. The Labute approximate surface area is 134 Å². The van der Waals surface area contributed by atoms with Gasteiger partial charge in [0.2, 0.25) is 0 Å². The molecule has 1 aromatic heterocycles. The summed E-state index contributed by atoms with van der Waals surface area (Å²) in [7, 11) is 0. The Balaban J connectivity index is 2.31. The fraction of sp³-hybridized carbons (Fsp3) is 0.600. The van der Waals surface area contributed by atoms with Crippen LogP contribution in [0.4, 0.5) is 9.80 Å². The molecule has 122 valence electrons. The van der Waals surface area contributed by atoms with Crippen molar-refractivity contribution in [2.75, 3.05) is 11.9 Å². The van der Waals surface area contributed by atoms with Crippen molar-refractivity contribution < 1.29 is 14.3 Å². The van der Waals surface area contributed by atoms with E-state index in [1.807, 2.05) is 27.7 Å². The number of primary amides is 1. The molecule has 0 aromatic carbocycles. The van der Waals surface area contributed by atoms with E-state index in [2.05, 4.69) is 5.32 Å². The number of carbonyl (C=O) groups excluding carboxylic acids is 2. The second kappa shape index (κ2) is 6.66. The van der Waals surface area contributed by atoms with Gasteiger partial charge in [-0.1, -0.05) is 0 Å². The number of rotatable bonds is 4. The Hall–Kier alpha value is -1.60. The van der Waals surface area contributed by atoms with Crippen LogP contribution in [-0.4, -0.2) is 35.5 Å². The molecule has 0 radical (unpaired) electrons. The zero-order chi connectivity index (χ0) is 16.4. The van der Waals surface area contributed by atoms with Crippen molar-refractivity contribution >= 4 is 28.3 Å². The Kier molecular flexibility index (Phi) is 5.08. The van der Waals surface area contributed by atoms with Crippen LogP contribution in [0.5, 0.6) is 0 Å². The summed E-state index contributed by atoms with van der Waals surface area (Å²) in [6.07, 6.45) is 0.651. The van der Waals surface area contributed by atoms with E-state index >= 15 is 0 Å². The minimum atomic E-state index is -0.504. The number of fused-ring (bicyclic) bond motifs is 1. The number of nitrogens with zero attached hydrogens (tertiary/aromatic N) is 1. The average Bonchev–Trinajstić information content (AvgIpc) is 2.75. The summed E-state index contributed by atoms with van der Waals surface area (Å²) in [6, 6.07) is -0.0862. The van der Waals surface area contributed by atoms with Gasteiger partial charge in [0, 0.05) is 17.0 Å². The van der Waals surface area contributed by atoms with Crippen molar-refractivity contribution in [3.8, 4) is 0 Å². The molecule has 1 aliphatic heterocycles. The number of ether oxygens (including phenoxy) is 1. The number of amides is 3. The number of urea groups is 1. The van der Waals surface area contributed by atoms with Crippen LogP contribution in [-0.2, 0) is 17.8 Å². The van der Waals surface area contributed by atoms with Crippen LogP contribution >= 0.6 is 11.3 Å². The predicted molar refractivity (Wildman–Crippen MR) is 87.3 cm³/mol. The molecular weight excluding hydrogens is 302 g/mol. The highest BCUT2D eigenvalue weighted by atomic mass is 32.1. The molecule has 2 heterocycles. The summed E-state index contributed by atoms with van der Waals surface area (Å²) < 4.78 is 5.41. The van der Waals surface area contributed by atoms with Crippen LogP contribution in [0.15, 0.2) is 0 Å². The normalized spacial score (nSPS) is 14.1. The lowest BCUT2D eigenvalue weighted by atomic mass is 10.1. The number of hydrogen-bond acceptors (Lipinski definition) is 4. The van der Waals surface area contributed by atoms with Gasteiger partial charge in [0.25, 0.3) is 5.91 Å². The number of anilines is 1. The first-order valence-corrected chi connectivity index (χ1v) is 8.26. The molecule has 0 unspecified atom stereocenters. The number of thiophene rings is 1. The molecule has 0 fully saturated rings. The fourth-order valence-electron chi connectivity index (χ4n) is 2.81. The average molecular weight is 325 g/mol. The van der Waals surface area contributed by atoms with Crippen LogP contribution in [0.2, 0.25) is 0 Å². The van der Waals surface area contributed by atoms with E-state index in [1.54, 1.807) is 4.90 Å². The Morgan fingerprint density at radius 3 is 2.45 bits per heavy atom. The molecule has 0 spiro atoms. The van der Waals surface area contributed by atoms with Gasteiger partial charge in [-0.2, -0.15) is 0 Å². The zero-order valence-corrected chi connectivity index (χ0v) is 14.3. The lowest BCUT2D eigenvalue weighted by molar-refractivity contribution is 0.0991. The molecule has 22 heavy (non-hydrogen) atoms. The largest absolute Gasteiger partial charge is 0.376 e. The number of nitrogens with two attached hydrogens (primary N) is 1. The molecular formula is C15H23N3O3S. The second-order valence-corrected chi connectivity index (χ2v) is 7.00. The summed E-state index contributed by atoms with van der Waals surface area (Å²) >= 11 is 1.38. The van der Waals surface area contributed by atoms with Gasteiger partial charge >= 0.3 is 6.03 Å². The molecule has 7 heteroatoms. The Bertz CT molecular complexity index is 573. The molecule has 2 rings (SSSR count). The van der Waals surface area contributed by atoms with Crippen LogP contribution < -0.4 is 11.1 Å². The molecule has 1 aromatic rings. The minimum absolute atomic E-state index is 0.0648. The second-order valence-electron chi connectivity index (χ2n) is 5.90. The highest BCUT2D eigenvalue weighted by Gasteiger charge is 2.27. The molecule has 0 saturated heterocycles. The van der Waals surface area contributed by atoms with E-state index in [0.717, 1.165) is 10.4 Å². The minimum Gasteiger partial charge on any atom is -0.376 e. The zero-order valence-electron chi connectivity index (χ0n) is 13.4. The van der Waals surface area contributed by atoms with Crippen molar-refractivity contribution in [1.29, 1.82) is 0 Å². The van der Waals surface area contributed by atoms with Gasteiger partial charge in [-0.25, -0.2) is 4.79 Å². The van der Waals surface area contributed by atoms with E-state index in [1.165, 1.54) is 11.3 Å². The molecule has 0 aliphatic carbocycles. The number of carbonyl (C=O) groups is 2. The van der Waals surface area contributed by atoms with Crippen LogP contribution in [0, 0.1) is 0 Å². The first-order chi connectivity index (χ1) is 10.3. The number of nitrogens with one attached hydrogen (secondary N) is 1. The summed E-state index contributed by atoms with van der Waals surface area (Å²) in [5, 5.41) is 3.39. The summed E-state index contributed by atoms with van der Waals surface area (Å²) in [5.74, 6) is -0.504. The monoisotopic (exact) mass is 325 g/mol. The van der Waals surface area contributed by atoms with Crippen molar-refractivity contribution in [2.45, 2.75) is 52.8 Å². The highest BCUT2D eigenvalue weighted by molar-refractivity contribution is 7.17. The van der Waals surface area contributed by atoms with Crippen molar-refractivity contribution in [3.05, 3.63) is 16.0 Å². The summed E-state index contributed by atoms with van der Waals surface area (Å²) in [5.41, 5.74) is 6.87. The van der Waals surface area contributed by atoms with Crippen LogP contribution in [0.3, 0.4) is 0 Å². The topological polar surface area (TPSA) is 84.7 Å². The van der Waals surface area contributed by atoms with E-state index < -0.39 is 5.91 Å². The maximum absolute atomic E-state index is 12.5. The fourth-order valence-corrected chi connectivity index (χ4v) is 3.99. The quantitative estimate of drug-likeness (QED) is 0.892. The van der Waals surface area contributed by atoms with Crippen LogP contribution in [0.1, 0.15) is 48.5 Å². The predicted octanol–water partition coefficient (Wildman–Crippen LogP) is 2.57. The summed E-state index contributed by atoms with van der Waals surface area (Å²) in [4.78, 5) is 27.0. The number of hydrogen-bond donors (Lipinski definition) is 2. The van der Waals surface area contributed by atoms with Gasteiger partial charge in [0.05, 0.1) is 18.8 Å². The van der Waals surface area contributed by atoms with Crippen molar-refractivity contribution in [1.82, 2.24) is 4.90 Å². The van der Waals surface area contributed by atoms with Crippen molar-refractivity contribution in [3.63, 3.8) is 0 Å². The summed E-state index contributed by atoms with van der Waals surface area (Å²) in [6.45, 7) is 8.88. The van der Waals surface area contributed by atoms with Gasteiger partial charge in [-0.05, 0) is 39.7 Å². The lowest BCUT2D eigenvalue weighted by Crippen LogP contribution is -2.44. The van der Waals surface area contributed by atoms with E-state index in [4.69, 9.17) is 10.5 Å².